The topological polar surface area (TPSA) is 130 Å². The normalized spacial score (nSPS) is 12.7. The van der Waals surface area contributed by atoms with Crippen LogP contribution < -0.4 is 4.31 Å². The molecule has 0 aliphatic heterocycles. The number of nitro groups is 2. The molecule has 2 rings (SSSR count). The van der Waals surface area contributed by atoms with Gasteiger partial charge in [-0.25, -0.2) is 0 Å². The van der Waals surface area contributed by atoms with Gasteiger partial charge in [0.05, 0.1) is 49.9 Å². The number of alkyl halides is 6. The first-order valence-corrected chi connectivity index (χ1v) is 13.3. The Hall–Kier alpha value is -2.87. The smallest absolute Gasteiger partial charge is 0.262 e. The number of unbranched alkanes of at least 4 members (excludes halogenated alkanes) is 1. The molecule has 0 spiro atoms. The van der Waals surface area contributed by atoms with Crippen LogP contribution in [0.25, 0.3) is 0 Å². The molecule has 0 aliphatic rings. The standard InChI is InChI=1S/C20H20ClF6N5O6S2/c1-4-5-8-29(40(37,38)28(2)3)39-30(16-9-12(19(22,23)24)6-7-15(16)21)18-14(20(25,26)27)10-13(31(33)34)11-17(18)32(35)36/h6-7,9-11H,4-5,8H2,1-3H3. The van der Waals surface area contributed by atoms with Crippen molar-refractivity contribution in [2.24, 2.45) is 0 Å². The molecule has 0 aliphatic carbocycles. The molecule has 0 saturated heterocycles. The van der Waals surface area contributed by atoms with E-state index in [2.05, 4.69) is 0 Å². The zero-order chi connectivity index (χ0) is 30.8. The van der Waals surface area contributed by atoms with Crippen molar-refractivity contribution < 1.29 is 44.6 Å². The van der Waals surface area contributed by atoms with Crippen LogP contribution in [0.2, 0.25) is 5.02 Å². The van der Waals surface area contributed by atoms with Crippen LogP contribution in [0.1, 0.15) is 30.9 Å². The minimum Gasteiger partial charge on any atom is -0.262 e. The molecule has 0 bridgehead atoms. The molecule has 0 heterocycles. The average molecular weight is 640 g/mol. The van der Waals surface area contributed by atoms with Gasteiger partial charge in [0.2, 0.25) is 0 Å². The molecule has 222 valence electrons. The van der Waals surface area contributed by atoms with Crippen molar-refractivity contribution in [3.63, 3.8) is 0 Å². The SMILES string of the molecule is CCCCN(SN(c1cc(C(F)(F)F)ccc1Cl)c1c([N+](=O)[O-])cc([N+](=O)[O-])cc1C(F)(F)F)S(=O)(=O)N(C)C. The van der Waals surface area contributed by atoms with Gasteiger partial charge in [-0.15, -0.1) is 3.71 Å². The van der Waals surface area contributed by atoms with E-state index in [1.807, 2.05) is 0 Å². The third kappa shape index (κ3) is 7.45. The van der Waals surface area contributed by atoms with Crippen molar-refractivity contribution in [1.29, 1.82) is 0 Å². The van der Waals surface area contributed by atoms with Gasteiger partial charge in [-0.2, -0.15) is 39.1 Å². The van der Waals surface area contributed by atoms with Crippen molar-refractivity contribution in [1.82, 2.24) is 8.02 Å². The molecule has 0 amide bonds. The lowest BCUT2D eigenvalue weighted by molar-refractivity contribution is -0.394. The summed E-state index contributed by atoms with van der Waals surface area (Å²) in [5.74, 6) is 0. The predicted molar refractivity (Wildman–Crippen MR) is 135 cm³/mol. The lowest BCUT2D eigenvalue weighted by Gasteiger charge is -2.32. The van der Waals surface area contributed by atoms with Gasteiger partial charge in [-0.05, 0) is 24.6 Å². The number of hydrogen-bond acceptors (Lipinski definition) is 8. The third-order valence-corrected chi connectivity index (χ3v) is 8.68. The fourth-order valence-electron chi connectivity index (χ4n) is 3.09. The quantitative estimate of drug-likeness (QED) is 0.114. The largest absolute Gasteiger partial charge is 0.418 e. The first-order chi connectivity index (χ1) is 18.2. The molecule has 0 fully saturated rings. The minimum atomic E-state index is -5.53. The molecule has 0 saturated carbocycles. The Balaban J connectivity index is 3.10. The Bertz CT molecular complexity index is 1390. The Morgan fingerprint density at radius 3 is 2.02 bits per heavy atom. The second-order valence-corrected chi connectivity index (χ2v) is 11.8. The maximum atomic E-state index is 14.2. The molecule has 11 nitrogen and oxygen atoms in total. The second kappa shape index (κ2) is 12.3. The van der Waals surface area contributed by atoms with E-state index in [9.17, 15) is 55.0 Å². The van der Waals surface area contributed by atoms with Crippen LogP contribution in [0.3, 0.4) is 0 Å². The highest BCUT2D eigenvalue weighted by atomic mass is 35.5. The summed E-state index contributed by atoms with van der Waals surface area (Å²) in [6.07, 6.45) is -10.1. The van der Waals surface area contributed by atoms with E-state index in [4.69, 9.17) is 11.6 Å². The Morgan fingerprint density at radius 1 is 0.975 bits per heavy atom. The summed E-state index contributed by atoms with van der Waals surface area (Å²) in [4.78, 5) is 20.4. The van der Waals surface area contributed by atoms with Crippen LogP contribution in [-0.4, -0.2) is 46.9 Å². The van der Waals surface area contributed by atoms with Gasteiger partial charge in [-0.1, -0.05) is 24.9 Å². The highest BCUT2D eigenvalue weighted by molar-refractivity contribution is 8.08. The summed E-state index contributed by atoms with van der Waals surface area (Å²) in [6, 6.07) is 1.56. The fourth-order valence-corrected chi connectivity index (χ4v) is 5.91. The Labute approximate surface area is 233 Å². The maximum Gasteiger partial charge on any atom is 0.418 e. The fraction of sp³-hybridized carbons (Fsp3) is 0.400. The lowest BCUT2D eigenvalue weighted by Crippen LogP contribution is -2.38. The van der Waals surface area contributed by atoms with Crippen molar-refractivity contribution >= 4 is 56.7 Å². The number of nitrogens with zero attached hydrogens (tertiary/aromatic N) is 5. The van der Waals surface area contributed by atoms with Gasteiger partial charge in [0.15, 0.2) is 0 Å². The molecule has 0 radical (unpaired) electrons. The predicted octanol–water partition coefficient (Wildman–Crippen LogP) is 6.80. The van der Waals surface area contributed by atoms with E-state index in [0.29, 0.717) is 26.6 Å². The number of hydrogen-bond donors (Lipinski definition) is 0. The summed E-state index contributed by atoms with van der Waals surface area (Å²) in [7, 11) is -2.36. The monoisotopic (exact) mass is 639 g/mol. The van der Waals surface area contributed by atoms with E-state index in [-0.39, 0.29) is 41.1 Å². The van der Waals surface area contributed by atoms with Gasteiger partial charge in [0.1, 0.15) is 5.69 Å². The minimum absolute atomic E-state index is 0.0474. The zero-order valence-electron chi connectivity index (χ0n) is 20.7. The highest BCUT2D eigenvalue weighted by Gasteiger charge is 2.44. The van der Waals surface area contributed by atoms with Gasteiger partial charge >= 0.3 is 18.0 Å². The third-order valence-electron chi connectivity index (χ3n) is 5.07. The molecular weight excluding hydrogens is 620 g/mol. The molecule has 2 aromatic carbocycles. The first kappa shape index (κ1) is 33.3. The number of rotatable bonds is 11. The summed E-state index contributed by atoms with van der Waals surface area (Å²) >= 11 is 5.97. The maximum absolute atomic E-state index is 14.2. The molecule has 2 aromatic rings. The molecule has 0 N–H and O–H groups in total. The summed E-state index contributed by atoms with van der Waals surface area (Å²) < 4.78 is 111. The molecular formula is C20H20ClF6N5O6S2. The molecule has 0 atom stereocenters. The lowest BCUT2D eigenvalue weighted by atomic mass is 10.1. The van der Waals surface area contributed by atoms with Crippen molar-refractivity contribution in [3.8, 4) is 0 Å². The van der Waals surface area contributed by atoms with Crippen LogP contribution in [-0.2, 0) is 22.6 Å². The molecule has 0 unspecified atom stereocenters. The van der Waals surface area contributed by atoms with Gasteiger partial charge < -0.3 is 0 Å². The van der Waals surface area contributed by atoms with Crippen molar-refractivity contribution in [3.05, 3.63) is 66.7 Å². The van der Waals surface area contributed by atoms with Crippen LogP contribution in [0.5, 0.6) is 0 Å². The Morgan fingerprint density at radius 2 is 1.57 bits per heavy atom. The first-order valence-electron chi connectivity index (χ1n) is 10.8. The van der Waals surface area contributed by atoms with E-state index in [1.54, 1.807) is 6.92 Å². The summed E-state index contributed by atoms with van der Waals surface area (Å²) in [6.45, 7) is 1.26. The van der Waals surface area contributed by atoms with Gasteiger partial charge in [-0.3, -0.25) is 24.5 Å². The van der Waals surface area contributed by atoms with E-state index < -0.39 is 77.9 Å². The van der Waals surface area contributed by atoms with Crippen LogP contribution in [0.4, 0.5) is 49.1 Å². The van der Waals surface area contributed by atoms with E-state index in [1.165, 1.54) is 0 Å². The van der Waals surface area contributed by atoms with Crippen molar-refractivity contribution in [2.75, 3.05) is 24.9 Å². The van der Waals surface area contributed by atoms with Crippen LogP contribution >= 0.6 is 23.7 Å². The molecule has 0 aromatic heterocycles. The average Bonchev–Trinajstić information content (AvgIpc) is 2.82. The second-order valence-electron chi connectivity index (χ2n) is 8.08. The number of nitro benzene ring substituents is 2. The van der Waals surface area contributed by atoms with Crippen LogP contribution in [0, 0.1) is 20.2 Å². The molecule has 40 heavy (non-hydrogen) atoms. The number of anilines is 2. The van der Waals surface area contributed by atoms with Crippen molar-refractivity contribution in [2.45, 2.75) is 32.1 Å². The van der Waals surface area contributed by atoms with Gasteiger partial charge in [0, 0.05) is 26.7 Å². The summed E-state index contributed by atoms with van der Waals surface area (Å²) in [5.41, 5.74) is -8.69. The number of non-ortho nitro benzene ring substituents is 1. The number of halogens is 7. The Kier molecular flexibility index (Phi) is 10.3. The van der Waals surface area contributed by atoms with Gasteiger partial charge in [0.25, 0.3) is 15.9 Å². The number of benzene rings is 2. The van der Waals surface area contributed by atoms with E-state index in [0.717, 1.165) is 14.1 Å². The molecule has 20 heteroatoms. The zero-order valence-corrected chi connectivity index (χ0v) is 23.0. The highest BCUT2D eigenvalue weighted by Crippen LogP contribution is 2.51. The van der Waals surface area contributed by atoms with Crippen LogP contribution in [0.15, 0.2) is 30.3 Å². The summed E-state index contributed by atoms with van der Waals surface area (Å²) in [5, 5.41) is 22.5. The van der Waals surface area contributed by atoms with E-state index >= 15 is 0 Å².